The highest BCUT2D eigenvalue weighted by Gasteiger charge is 2.18. The maximum Gasteiger partial charge on any atom is 0.316 e. The lowest BCUT2D eigenvalue weighted by molar-refractivity contribution is -0.146. The molecule has 0 aliphatic heterocycles. The summed E-state index contributed by atoms with van der Waals surface area (Å²) in [5, 5.41) is 0. The summed E-state index contributed by atoms with van der Waals surface area (Å²) in [6.07, 6.45) is 4.20. The molecule has 0 aromatic carbocycles. The number of aromatic nitrogens is 1. The first-order valence-corrected chi connectivity index (χ1v) is 4.20. The SMILES string of the molecule is COC(=O)C(C=O)Cc1ccncc1. The van der Waals surface area contributed by atoms with Crippen molar-refractivity contribution in [3.05, 3.63) is 30.1 Å². The average Bonchev–Trinajstić information content (AvgIpc) is 2.26. The molecule has 0 amide bonds. The second kappa shape index (κ2) is 5.11. The van der Waals surface area contributed by atoms with E-state index in [4.69, 9.17) is 0 Å². The van der Waals surface area contributed by atoms with Crippen LogP contribution in [0, 0.1) is 5.92 Å². The summed E-state index contributed by atoms with van der Waals surface area (Å²) in [7, 11) is 1.27. The van der Waals surface area contributed by atoms with E-state index in [1.54, 1.807) is 24.5 Å². The van der Waals surface area contributed by atoms with Crippen LogP contribution in [0.3, 0.4) is 0 Å². The third-order valence-corrected chi connectivity index (χ3v) is 1.87. The minimum atomic E-state index is -0.720. The highest BCUT2D eigenvalue weighted by atomic mass is 16.5. The molecule has 14 heavy (non-hydrogen) atoms. The van der Waals surface area contributed by atoms with Gasteiger partial charge < -0.3 is 9.53 Å². The van der Waals surface area contributed by atoms with E-state index >= 15 is 0 Å². The second-order valence-electron chi connectivity index (χ2n) is 2.83. The van der Waals surface area contributed by atoms with Gasteiger partial charge in [-0.25, -0.2) is 0 Å². The van der Waals surface area contributed by atoms with Gasteiger partial charge in [-0.05, 0) is 24.1 Å². The lowest BCUT2D eigenvalue weighted by Crippen LogP contribution is -2.19. The summed E-state index contributed by atoms with van der Waals surface area (Å²) in [6.45, 7) is 0. The van der Waals surface area contributed by atoms with E-state index in [9.17, 15) is 9.59 Å². The first-order valence-electron chi connectivity index (χ1n) is 4.20. The van der Waals surface area contributed by atoms with Gasteiger partial charge in [0, 0.05) is 12.4 Å². The van der Waals surface area contributed by atoms with Crippen LogP contribution in [0.15, 0.2) is 24.5 Å². The molecule has 4 heteroatoms. The van der Waals surface area contributed by atoms with Crippen molar-refractivity contribution in [2.75, 3.05) is 7.11 Å². The van der Waals surface area contributed by atoms with Gasteiger partial charge in [-0.3, -0.25) is 9.78 Å². The summed E-state index contributed by atoms with van der Waals surface area (Å²) in [6, 6.07) is 3.53. The van der Waals surface area contributed by atoms with Crippen molar-refractivity contribution in [2.24, 2.45) is 5.92 Å². The number of methoxy groups -OCH3 is 1. The Bertz CT molecular complexity index is 310. The molecule has 0 spiro atoms. The first kappa shape index (κ1) is 10.4. The fraction of sp³-hybridized carbons (Fsp3) is 0.300. The third-order valence-electron chi connectivity index (χ3n) is 1.87. The van der Waals surface area contributed by atoms with E-state index < -0.39 is 11.9 Å². The molecule has 0 fully saturated rings. The lowest BCUT2D eigenvalue weighted by Gasteiger charge is -2.06. The molecular formula is C10H11NO3. The van der Waals surface area contributed by atoms with Gasteiger partial charge in [-0.1, -0.05) is 0 Å². The molecule has 0 bridgehead atoms. The Hall–Kier alpha value is -1.71. The number of carbonyl (C=O) groups is 2. The van der Waals surface area contributed by atoms with E-state index in [0.717, 1.165) is 5.56 Å². The van der Waals surface area contributed by atoms with Gasteiger partial charge in [0.1, 0.15) is 12.2 Å². The first-order chi connectivity index (χ1) is 6.77. The average molecular weight is 193 g/mol. The molecule has 0 aliphatic rings. The van der Waals surface area contributed by atoms with Crippen LogP contribution in [0.2, 0.25) is 0 Å². The Labute approximate surface area is 81.9 Å². The Morgan fingerprint density at radius 3 is 2.71 bits per heavy atom. The second-order valence-corrected chi connectivity index (χ2v) is 2.83. The summed E-state index contributed by atoms with van der Waals surface area (Å²) in [4.78, 5) is 25.5. The molecule has 0 radical (unpaired) electrons. The van der Waals surface area contributed by atoms with Gasteiger partial charge >= 0.3 is 5.97 Å². The predicted molar refractivity (Wildman–Crippen MR) is 49.5 cm³/mol. The number of hydrogen-bond donors (Lipinski definition) is 0. The van der Waals surface area contributed by atoms with E-state index in [0.29, 0.717) is 12.7 Å². The number of carbonyl (C=O) groups excluding carboxylic acids is 2. The molecule has 74 valence electrons. The summed E-state index contributed by atoms with van der Waals surface area (Å²) in [5.41, 5.74) is 0.891. The minimum absolute atomic E-state index is 0.360. The Morgan fingerprint density at radius 2 is 2.21 bits per heavy atom. The normalized spacial score (nSPS) is 11.8. The molecule has 1 atom stereocenters. The van der Waals surface area contributed by atoms with Crippen molar-refractivity contribution in [2.45, 2.75) is 6.42 Å². The largest absolute Gasteiger partial charge is 0.468 e. The van der Waals surface area contributed by atoms with Crippen LogP contribution >= 0.6 is 0 Å². The zero-order valence-electron chi connectivity index (χ0n) is 7.84. The van der Waals surface area contributed by atoms with Gasteiger partial charge in [0.25, 0.3) is 0 Å². The van der Waals surface area contributed by atoms with Crippen LogP contribution in [0.4, 0.5) is 0 Å². The van der Waals surface area contributed by atoms with Crippen molar-refractivity contribution < 1.29 is 14.3 Å². The predicted octanol–water partition coefficient (Wildman–Crippen LogP) is 0.612. The van der Waals surface area contributed by atoms with E-state index in [1.807, 2.05) is 0 Å². The van der Waals surface area contributed by atoms with E-state index in [2.05, 4.69) is 9.72 Å². The molecule has 0 N–H and O–H groups in total. The number of pyridine rings is 1. The van der Waals surface area contributed by atoms with Crippen LogP contribution in [0.5, 0.6) is 0 Å². The van der Waals surface area contributed by atoms with Crippen molar-refractivity contribution in [1.82, 2.24) is 4.98 Å². The highest BCUT2D eigenvalue weighted by molar-refractivity contribution is 5.87. The number of esters is 1. The number of rotatable bonds is 4. The number of aldehydes is 1. The van der Waals surface area contributed by atoms with E-state index in [-0.39, 0.29) is 0 Å². The molecule has 0 saturated carbocycles. The Balaban J connectivity index is 2.66. The zero-order valence-corrected chi connectivity index (χ0v) is 7.84. The third kappa shape index (κ3) is 2.65. The van der Waals surface area contributed by atoms with Gasteiger partial charge in [-0.2, -0.15) is 0 Å². The molecule has 1 aromatic heterocycles. The smallest absolute Gasteiger partial charge is 0.316 e. The number of hydrogen-bond acceptors (Lipinski definition) is 4. The van der Waals surface area contributed by atoms with Crippen LogP contribution in [-0.4, -0.2) is 24.3 Å². The Kier molecular flexibility index (Phi) is 3.79. The lowest BCUT2D eigenvalue weighted by atomic mass is 10.0. The monoisotopic (exact) mass is 193 g/mol. The fourth-order valence-corrected chi connectivity index (χ4v) is 1.11. The minimum Gasteiger partial charge on any atom is -0.468 e. The molecule has 1 aromatic rings. The molecule has 1 heterocycles. The fourth-order valence-electron chi connectivity index (χ4n) is 1.11. The zero-order chi connectivity index (χ0) is 10.4. The standard InChI is InChI=1S/C10H11NO3/c1-14-10(13)9(7-12)6-8-2-4-11-5-3-8/h2-5,7,9H,6H2,1H3. The summed E-state index contributed by atoms with van der Waals surface area (Å²) >= 11 is 0. The van der Waals surface area contributed by atoms with Gasteiger partial charge in [-0.15, -0.1) is 0 Å². The van der Waals surface area contributed by atoms with Gasteiger partial charge in [0.15, 0.2) is 0 Å². The number of nitrogens with zero attached hydrogens (tertiary/aromatic N) is 1. The van der Waals surface area contributed by atoms with Crippen LogP contribution < -0.4 is 0 Å². The van der Waals surface area contributed by atoms with Crippen molar-refractivity contribution in [1.29, 1.82) is 0 Å². The van der Waals surface area contributed by atoms with Crippen LogP contribution in [-0.2, 0) is 20.7 Å². The van der Waals surface area contributed by atoms with Crippen molar-refractivity contribution in [3.63, 3.8) is 0 Å². The maximum absolute atomic E-state index is 11.1. The molecular weight excluding hydrogens is 182 g/mol. The maximum atomic E-state index is 11.1. The molecule has 1 rings (SSSR count). The molecule has 0 saturated heterocycles. The van der Waals surface area contributed by atoms with Crippen molar-refractivity contribution >= 4 is 12.3 Å². The summed E-state index contributed by atoms with van der Waals surface area (Å²) in [5.74, 6) is -1.22. The van der Waals surface area contributed by atoms with Crippen LogP contribution in [0.25, 0.3) is 0 Å². The quantitative estimate of drug-likeness (QED) is 0.399. The molecule has 1 unspecified atom stereocenters. The number of ether oxygens (including phenoxy) is 1. The van der Waals surface area contributed by atoms with Gasteiger partial charge in [0.05, 0.1) is 7.11 Å². The summed E-state index contributed by atoms with van der Waals surface area (Å²) < 4.78 is 4.49. The highest BCUT2D eigenvalue weighted by Crippen LogP contribution is 2.07. The van der Waals surface area contributed by atoms with Crippen LogP contribution in [0.1, 0.15) is 5.56 Å². The molecule has 4 nitrogen and oxygen atoms in total. The van der Waals surface area contributed by atoms with E-state index in [1.165, 1.54) is 7.11 Å². The molecule has 0 aliphatic carbocycles. The van der Waals surface area contributed by atoms with Crippen molar-refractivity contribution in [3.8, 4) is 0 Å². The topological polar surface area (TPSA) is 56.3 Å². The Morgan fingerprint density at radius 1 is 1.57 bits per heavy atom. The van der Waals surface area contributed by atoms with Gasteiger partial charge in [0.2, 0.25) is 0 Å².